The van der Waals surface area contributed by atoms with E-state index < -0.39 is 0 Å². The van der Waals surface area contributed by atoms with Crippen LogP contribution in [0.15, 0.2) is 29.3 Å². The summed E-state index contributed by atoms with van der Waals surface area (Å²) in [7, 11) is 0. The highest BCUT2D eigenvalue weighted by Crippen LogP contribution is 2.33. The van der Waals surface area contributed by atoms with Crippen molar-refractivity contribution in [2.45, 2.75) is 78.1 Å². The van der Waals surface area contributed by atoms with Crippen molar-refractivity contribution in [1.29, 1.82) is 0 Å². The van der Waals surface area contributed by atoms with E-state index in [0.29, 0.717) is 11.7 Å². The molecule has 1 aliphatic carbocycles. The number of hydrogen-bond donors (Lipinski definition) is 0. The monoisotopic (exact) mass is 332 g/mol. The van der Waals surface area contributed by atoms with Gasteiger partial charge in [0.1, 0.15) is 0 Å². The van der Waals surface area contributed by atoms with Crippen molar-refractivity contribution >= 4 is 17.4 Å². The first-order chi connectivity index (χ1) is 11.0. The van der Waals surface area contributed by atoms with Gasteiger partial charge in [-0.05, 0) is 74.1 Å². The number of rotatable bonds is 7. The molecule has 1 aliphatic rings. The molecule has 0 aromatic heterocycles. The maximum atomic E-state index is 11.8. The molecule has 1 nitrogen and oxygen atoms in total. The van der Waals surface area contributed by atoms with Gasteiger partial charge >= 0.3 is 0 Å². The average Bonchev–Trinajstić information content (AvgIpc) is 2.55. The molecular weight excluding hydrogens is 304 g/mol. The van der Waals surface area contributed by atoms with Crippen LogP contribution in [-0.2, 0) is 11.2 Å². The maximum absolute atomic E-state index is 11.8. The minimum absolute atomic E-state index is 0.346. The number of unbranched alkanes of at least 4 members (excludes halogenated alkanes) is 1. The molecule has 23 heavy (non-hydrogen) atoms. The van der Waals surface area contributed by atoms with Gasteiger partial charge in [0.25, 0.3) is 0 Å². The van der Waals surface area contributed by atoms with Gasteiger partial charge in [0.05, 0.1) is 0 Å². The summed E-state index contributed by atoms with van der Waals surface area (Å²) in [5.41, 5.74) is 5.04. The van der Waals surface area contributed by atoms with Gasteiger partial charge in [0.2, 0.25) is 0 Å². The van der Waals surface area contributed by atoms with Gasteiger partial charge in [-0.15, -0.1) is 0 Å². The maximum Gasteiger partial charge on any atom is 0.158 e. The fourth-order valence-electron chi connectivity index (χ4n) is 3.40. The van der Waals surface area contributed by atoms with Gasteiger partial charge in [-0.25, -0.2) is 0 Å². The number of aryl methyl sites for hydroxylation is 1. The normalized spacial score (nSPS) is 16.8. The first-order valence-electron chi connectivity index (χ1n) is 9.03. The lowest BCUT2D eigenvalue weighted by Gasteiger charge is -2.20. The fraction of sp³-hybridized carbons (Fsp3) is 0.571. The highest BCUT2D eigenvalue weighted by molar-refractivity contribution is 6.31. The number of carbonyl (C=O) groups excluding carboxylic acids is 1. The van der Waals surface area contributed by atoms with Crippen LogP contribution in [0.5, 0.6) is 0 Å². The summed E-state index contributed by atoms with van der Waals surface area (Å²) >= 11 is 6.43. The van der Waals surface area contributed by atoms with E-state index in [0.717, 1.165) is 49.1 Å². The van der Waals surface area contributed by atoms with Crippen LogP contribution in [0.1, 0.15) is 82.8 Å². The zero-order valence-electron chi connectivity index (χ0n) is 14.8. The van der Waals surface area contributed by atoms with E-state index in [1.54, 1.807) is 0 Å². The van der Waals surface area contributed by atoms with Crippen molar-refractivity contribution in [3.8, 4) is 0 Å². The van der Waals surface area contributed by atoms with Crippen LogP contribution < -0.4 is 0 Å². The second-order valence-electron chi connectivity index (χ2n) is 6.90. The predicted molar refractivity (Wildman–Crippen MR) is 99.3 cm³/mol. The number of Topliss-reactive ketones (excluding diaryl/α,β-unsaturated/α-hetero) is 1. The quantitative estimate of drug-likeness (QED) is 0.547. The van der Waals surface area contributed by atoms with Gasteiger partial charge in [-0.2, -0.15) is 0 Å². The largest absolute Gasteiger partial charge is 0.295 e. The second kappa shape index (κ2) is 8.68. The summed E-state index contributed by atoms with van der Waals surface area (Å²) in [4.78, 5) is 11.8. The lowest BCUT2D eigenvalue weighted by atomic mass is 9.85. The number of hydrogen-bond acceptors (Lipinski definition) is 1. The van der Waals surface area contributed by atoms with Crippen LogP contribution in [-0.4, -0.2) is 5.78 Å². The third-order valence-electron chi connectivity index (χ3n) is 5.12. The van der Waals surface area contributed by atoms with Crippen LogP contribution in [0.2, 0.25) is 5.02 Å². The summed E-state index contributed by atoms with van der Waals surface area (Å²) in [6, 6.07) is 6.49. The van der Waals surface area contributed by atoms with Crippen molar-refractivity contribution in [1.82, 2.24) is 0 Å². The van der Waals surface area contributed by atoms with E-state index >= 15 is 0 Å². The molecule has 0 spiro atoms. The molecule has 0 amide bonds. The van der Waals surface area contributed by atoms with Gasteiger partial charge in [0, 0.05) is 11.4 Å². The topological polar surface area (TPSA) is 17.1 Å². The lowest BCUT2D eigenvalue weighted by Crippen LogP contribution is -2.10. The first-order valence-corrected chi connectivity index (χ1v) is 9.40. The van der Waals surface area contributed by atoms with Crippen LogP contribution in [0.25, 0.3) is 0 Å². The number of carbonyl (C=O) groups is 1. The molecule has 0 bridgehead atoms. The Bertz CT molecular complexity index is 586. The highest BCUT2D eigenvalue weighted by atomic mass is 35.5. The molecule has 1 atom stereocenters. The average molecular weight is 333 g/mol. The first kappa shape index (κ1) is 18.3. The Hall–Kier alpha value is -1.08. The molecule has 0 fully saturated rings. The Morgan fingerprint density at radius 2 is 2.00 bits per heavy atom. The van der Waals surface area contributed by atoms with E-state index in [2.05, 4.69) is 26.0 Å². The Labute approximate surface area is 146 Å². The minimum atomic E-state index is 0.346. The van der Waals surface area contributed by atoms with E-state index in [9.17, 15) is 4.79 Å². The molecule has 0 heterocycles. The molecule has 1 aromatic rings. The second-order valence-corrected chi connectivity index (χ2v) is 7.31. The molecule has 0 saturated heterocycles. The van der Waals surface area contributed by atoms with E-state index in [1.807, 2.05) is 13.0 Å². The molecule has 0 N–H and O–H groups in total. The summed E-state index contributed by atoms with van der Waals surface area (Å²) in [5.74, 6) is 0.778. The fourth-order valence-corrected chi connectivity index (χ4v) is 3.70. The van der Waals surface area contributed by atoms with Gasteiger partial charge in [0.15, 0.2) is 5.78 Å². The summed E-state index contributed by atoms with van der Waals surface area (Å²) in [6.07, 6.45) is 8.51. The Morgan fingerprint density at radius 3 is 2.74 bits per heavy atom. The molecule has 2 rings (SSSR count). The summed E-state index contributed by atoms with van der Waals surface area (Å²) in [6.45, 7) is 6.48. The van der Waals surface area contributed by atoms with Gasteiger partial charge in [-0.3, -0.25) is 4.79 Å². The molecule has 0 radical (unpaired) electrons. The molecule has 0 saturated carbocycles. The number of halogens is 1. The van der Waals surface area contributed by atoms with Gasteiger partial charge in [-0.1, -0.05) is 49.6 Å². The lowest BCUT2D eigenvalue weighted by molar-refractivity contribution is -0.116. The number of benzene rings is 1. The minimum Gasteiger partial charge on any atom is -0.295 e. The molecule has 1 unspecified atom stereocenters. The van der Waals surface area contributed by atoms with Crippen molar-refractivity contribution in [2.24, 2.45) is 0 Å². The van der Waals surface area contributed by atoms with Crippen molar-refractivity contribution in [2.75, 3.05) is 0 Å². The molecule has 126 valence electrons. The Balaban J connectivity index is 2.04. The smallest absolute Gasteiger partial charge is 0.158 e. The Kier molecular flexibility index (Phi) is 6.89. The van der Waals surface area contributed by atoms with Crippen LogP contribution in [0.3, 0.4) is 0 Å². The molecule has 1 aromatic carbocycles. The predicted octanol–water partition coefficient (Wildman–Crippen LogP) is 6.64. The van der Waals surface area contributed by atoms with Crippen molar-refractivity contribution < 1.29 is 4.79 Å². The van der Waals surface area contributed by atoms with Crippen LogP contribution in [0, 0.1) is 0 Å². The number of ketones is 1. The number of allylic oxidation sites excluding steroid dienone is 2. The molecule has 0 aliphatic heterocycles. The van der Waals surface area contributed by atoms with Gasteiger partial charge < -0.3 is 0 Å². The van der Waals surface area contributed by atoms with E-state index in [1.165, 1.54) is 29.5 Å². The van der Waals surface area contributed by atoms with Crippen molar-refractivity contribution in [3.05, 3.63) is 45.5 Å². The van der Waals surface area contributed by atoms with E-state index in [4.69, 9.17) is 11.6 Å². The SMILES string of the molecule is CCCCc1ccc(Cl)c(C(C)CCC2=C(C)C(=O)CCC2)c1. The Morgan fingerprint density at radius 1 is 1.22 bits per heavy atom. The van der Waals surface area contributed by atoms with Crippen LogP contribution >= 0.6 is 11.6 Å². The highest BCUT2D eigenvalue weighted by Gasteiger charge is 2.18. The summed E-state index contributed by atoms with van der Waals surface area (Å²) < 4.78 is 0. The third kappa shape index (κ3) is 4.94. The third-order valence-corrected chi connectivity index (χ3v) is 5.46. The van der Waals surface area contributed by atoms with Crippen LogP contribution in [0.4, 0.5) is 0 Å². The molecular formula is C21H29ClO. The zero-order chi connectivity index (χ0) is 16.8. The molecule has 2 heteroatoms. The standard InChI is InChI=1S/C21H29ClO/c1-4-5-7-17-11-13-20(22)19(14-17)15(2)10-12-18-8-6-9-21(23)16(18)3/h11,13-15H,4-10,12H2,1-3H3. The van der Waals surface area contributed by atoms with Crippen molar-refractivity contribution in [3.63, 3.8) is 0 Å². The summed E-state index contributed by atoms with van der Waals surface area (Å²) in [5, 5.41) is 0.878. The van der Waals surface area contributed by atoms with E-state index in [-0.39, 0.29) is 0 Å². The zero-order valence-corrected chi connectivity index (χ0v) is 15.5.